The maximum atomic E-state index is 12.4. The second-order valence-corrected chi connectivity index (χ2v) is 6.23. The van der Waals surface area contributed by atoms with Gasteiger partial charge in [0.2, 0.25) is 0 Å². The number of benzene rings is 2. The number of rotatable bonds is 5. The normalized spacial score (nSPS) is 10.0. The molecule has 0 aliphatic rings. The summed E-state index contributed by atoms with van der Waals surface area (Å²) in [5, 5.41) is 14.8. The first kappa shape index (κ1) is 19.1. The van der Waals surface area contributed by atoms with Crippen molar-refractivity contribution in [2.45, 2.75) is 6.54 Å². The minimum Gasteiger partial charge on any atom is -0.347 e. The van der Waals surface area contributed by atoms with Crippen LogP contribution in [-0.2, 0) is 6.54 Å². The van der Waals surface area contributed by atoms with Crippen LogP contribution in [0.5, 0.6) is 0 Å². The van der Waals surface area contributed by atoms with Crippen LogP contribution < -0.4 is 10.6 Å². The van der Waals surface area contributed by atoms with Gasteiger partial charge in [-0.1, -0.05) is 35.9 Å². The van der Waals surface area contributed by atoms with Crippen molar-refractivity contribution < 1.29 is 9.59 Å². The Kier molecular flexibility index (Phi) is 6.00. The highest BCUT2D eigenvalue weighted by atomic mass is 35.5. The minimum atomic E-state index is -0.453. The number of aromatic nitrogens is 1. The minimum absolute atomic E-state index is 0.106. The van der Waals surface area contributed by atoms with Crippen molar-refractivity contribution in [1.29, 1.82) is 5.26 Å². The van der Waals surface area contributed by atoms with Crippen molar-refractivity contribution in [2.24, 2.45) is 0 Å². The third-order valence-electron chi connectivity index (χ3n) is 3.88. The molecule has 3 rings (SSSR count). The molecule has 0 bridgehead atoms. The van der Waals surface area contributed by atoms with E-state index < -0.39 is 11.8 Å². The number of hydrogen-bond donors (Lipinski definition) is 2. The van der Waals surface area contributed by atoms with Crippen molar-refractivity contribution in [3.63, 3.8) is 0 Å². The first-order chi connectivity index (χ1) is 13.6. The lowest BCUT2D eigenvalue weighted by molar-refractivity contribution is 0.0945. The van der Waals surface area contributed by atoms with Gasteiger partial charge in [0.05, 0.1) is 11.6 Å². The summed E-state index contributed by atoms with van der Waals surface area (Å²) in [4.78, 5) is 28.9. The molecule has 6 nitrogen and oxygen atoms in total. The number of hydrogen-bond acceptors (Lipinski definition) is 4. The molecule has 0 atom stereocenters. The van der Waals surface area contributed by atoms with Crippen LogP contribution in [-0.4, -0.2) is 16.8 Å². The van der Waals surface area contributed by atoms with E-state index in [1.54, 1.807) is 36.4 Å². The Morgan fingerprint density at radius 2 is 1.61 bits per heavy atom. The van der Waals surface area contributed by atoms with E-state index in [9.17, 15) is 9.59 Å². The number of nitrogens with zero attached hydrogens (tertiary/aromatic N) is 2. The van der Waals surface area contributed by atoms with Crippen LogP contribution >= 0.6 is 11.6 Å². The van der Waals surface area contributed by atoms with Gasteiger partial charge in [-0.3, -0.25) is 9.59 Å². The molecule has 0 fully saturated rings. The summed E-state index contributed by atoms with van der Waals surface area (Å²) in [6.45, 7) is 0.252. The van der Waals surface area contributed by atoms with Crippen LogP contribution in [0.25, 0.3) is 0 Å². The van der Waals surface area contributed by atoms with E-state index in [-0.39, 0.29) is 17.9 Å². The van der Waals surface area contributed by atoms with Gasteiger partial charge in [0.1, 0.15) is 11.4 Å². The average molecular weight is 391 g/mol. The van der Waals surface area contributed by atoms with E-state index >= 15 is 0 Å². The molecule has 0 radical (unpaired) electrons. The van der Waals surface area contributed by atoms with E-state index in [1.807, 2.05) is 24.3 Å². The summed E-state index contributed by atoms with van der Waals surface area (Å²) in [6, 6.07) is 20.3. The number of nitrogens with one attached hydrogen (secondary N) is 2. The zero-order valence-corrected chi connectivity index (χ0v) is 15.4. The Morgan fingerprint density at radius 1 is 0.929 bits per heavy atom. The number of anilines is 1. The van der Waals surface area contributed by atoms with Gasteiger partial charge < -0.3 is 10.6 Å². The van der Waals surface area contributed by atoms with Gasteiger partial charge in [-0.25, -0.2) is 4.98 Å². The lowest BCUT2D eigenvalue weighted by Crippen LogP contribution is -2.25. The molecule has 0 unspecified atom stereocenters. The first-order valence-electron chi connectivity index (χ1n) is 8.37. The largest absolute Gasteiger partial charge is 0.347 e. The lowest BCUT2D eigenvalue weighted by Gasteiger charge is -2.08. The summed E-state index contributed by atoms with van der Waals surface area (Å²) >= 11 is 6.08. The van der Waals surface area contributed by atoms with Crippen LogP contribution in [0.4, 0.5) is 5.69 Å². The maximum Gasteiger partial charge on any atom is 0.274 e. The molecule has 1 aromatic heterocycles. The van der Waals surface area contributed by atoms with Crippen LogP contribution in [0.15, 0.2) is 66.7 Å². The van der Waals surface area contributed by atoms with Gasteiger partial charge in [-0.2, -0.15) is 5.26 Å². The smallest absolute Gasteiger partial charge is 0.274 e. The molecule has 0 aliphatic heterocycles. The molecule has 2 N–H and O–H groups in total. The summed E-state index contributed by atoms with van der Waals surface area (Å²) in [6.07, 6.45) is 0. The molecular weight excluding hydrogens is 376 g/mol. The van der Waals surface area contributed by atoms with Crippen LogP contribution in [0.3, 0.4) is 0 Å². The van der Waals surface area contributed by atoms with Crippen molar-refractivity contribution in [3.05, 3.63) is 94.3 Å². The number of carbonyl (C=O) groups is 2. The maximum absolute atomic E-state index is 12.4. The second-order valence-electron chi connectivity index (χ2n) is 5.83. The summed E-state index contributed by atoms with van der Waals surface area (Å²) < 4.78 is 0. The lowest BCUT2D eigenvalue weighted by atomic mass is 10.2. The van der Waals surface area contributed by atoms with Crippen molar-refractivity contribution >= 4 is 29.1 Å². The third-order valence-corrected chi connectivity index (χ3v) is 4.25. The quantitative estimate of drug-likeness (QED) is 0.692. The standard InChI is InChI=1S/C21H15ClN4O2/c22-17-5-2-1-4-15(17)13-24-20(27)18-6-3-7-19(26-18)21(28)25-16-10-8-14(12-23)9-11-16/h1-11H,13H2,(H,24,27)(H,25,28). The van der Waals surface area contributed by atoms with Gasteiger partial charge in [-0.15, -0.1) is 0 Å². The summed E-state index contributed by atoms with van der Waals surface area (Å²) in [5.74, 6) is -0.863. The topological polar surface area (TPSA) is 94.9 Å². The molecule has 7 heteroatoms. The fourth-order valence-electron chi connectivity index (χ4n) is 2.42. The van der Waals surface area contributed by atoms with E-state index in [4.69, 9.17) is 16.9 Å². The molecule has 28 heavy (non-hydrogen) atoms. The Bertz CT molecular complexity index is 1060. The van der Waals surface area contributed by atoms with Crippen molar-refractivity contribution in [3.8, 4) is 6.07 Å². The summed E-state index contributed by atoms with van der Waals surface area (Å²) in [5.41, 5.74) is 2.04. The third kappa shape index (κ3) is 4.72. The number of amides is 2. The first-order valence-corrected chi connectivity index (χ1v) is 8.75. The highest BCUT2D eigenvalue weighted by Gasteiger charge is 2.13. The fraction of sp³-hybridized carbons (Fsp3) is 0.0476. The zero-order chi connectivity index (χ0) is 19.9. The van der Waals surface area contributed by atoms with Crippen LogP contribution in [0.1, 0.15) is 32.1 Å². The van der Waals surface area contributed by atoms with Crippen LogP contribution in [0.2, 0.25) is 5.02 Å². The van der Waals surface area contributed by atoms with E-state index in [0.29, 0.717) is 16.3 Å². The molecule has 0 saturated heterocycles. The van der Waals surface area contributed by atoms with Gasteiger partial charge in [0.15, 0.2) is 0 Å². The Hall–Kier alpha value is -3.69. The molecule has 0 spiro atoms. The molecule has 1 heterocycles. The number of carbonyl (C=O) groups excluding carboxylic acids is 2. The van der Waals surface area contributed by atoms with Crippen molar-refractivity contribution in [2.75, 3.05) is 5.32 Å². The molecule has 0 aliphatic carbocycles. The predicted molar refractivity (Wildman–Crippen MR) is 106 cm³/mol. The van der Waals surface area contributed by atoms with E-state index in [2.05, 4.69) is 15.6 Å². The number of halogens is 1. The molecule has 0 saturated carbocycles. The average Bonchev–Trinajstić information content (AvgIpc) is 2.73. The highest BCUT2D eigenvalue weighted by molar-refractivity contribution is 6.31. The van der Waals surface area contributed by atoms with Gasteiger partial charge in [-0.05, 0) is 48.0 Å². The summed E-state index contributed by atoms with van der Waals surface area (Å²) in [7, 11) is 0. The number of nitriles is 1. The van der Waals surface area contributed by atoms with Crippen molar-refractivity contribution in [1.82, 2.24) is 10.3 Å². The Morgan fingerprint density at radius 3 is 2.29 bits per heavy atom. The molecule has 3 aromatic rings. The van der Waals surface area contributed by atoms with Gasteiger partial charge in [0, 0.05) is 17.3 Å². The zero-order valence-electron chi connectivity index (χ0n) is 14.6. The predicted octanol–water partition coefficient (Wildman–Crippen LogP) is 3.79. The van der Waals surface area contributed by atoms with E-state index in [1.165, 1.54) is 12.1 Å². The molecular formula is C21H15ClN4O2. The second kappa shape index (κ2) is 8.80. The molecule has 2 amide bonds. The Labute approximate surface area is 166 Å². The fourth-order valence-corrected chi connectivity index (χ4v) is 2.62. The van der Waals surface area contributed by atoms with Gasteiger partial charge in [0.25, 0.3) is 11.8 Å². The Balaban J connectivity index is 1.67. The van der Waals surface area contributed by atoms with Gasteiger partial charge >= 0.3 is 0 Å². The van der Waals surface area contributed by atoms with E-state index in [0.717, 1.165) is 5.56 Å². The number of pyridine rings is 1. The van der Waals surface area contributed by atoms with Crippen LogP contribution in [0, 0.1) is 11.3 Å². The molecule has 2 aromatic carbocycles. The SMILES string of the molecule is N#Cc1ccc(NC(=O)c2cccc(C(=O)NCc3ccccc3Cl)n2)cc1. The highest BCUT2D eigenvalue weighted by Crippen LogP contribution is 2.15. The molecule has 138 valence electrons. The monoisotopic (exact) mass is 390 g/mol.